The van der Waals surface area contributed by atoms with Crippen LogP contribution in [0.25, 0.3) is 71.7 Å². The molecule has 0 radical (unpaired) electrons. The molecule has 0 aliphatic heterocycles. The van der Waals surface area contributed by atoms with Gasteiger partial charge in [-0.1, -0.05) is 115 Å². The standard InChI is InChI=1S/C48H32N2O/c1-2-10-33(11-3-1)34-18-23-37(24-19-34)49(38-25-20-35(21-26-38)36-22-31-44-43-14-6-9-17-47(43)51-48(44)32-36)39-27-29-40(30-28-39)50-45-15-7-4-12-41(45)42-13-5-8-16-46(42)50/h1-32H. The minimum Gasteiger partial charge on any atom is -0.456 e. The van der Waals surface area contributed by atoms with Gasteiger partial charge in [0.05, 0.1) is 11.0 Å². The summed E-state index contributed by atoms with van der Waals surface area (Å²) in [6, 6.07) is 69.2. The first-order valence-corrected chi connectivity index (χ1v) is 17.3. The van der Waals surface area contributed by atoms with E-state index >= 15 is 0 Å². The van der Waals surface area contributed by atoms with Crippen molar-refractivity contribution in [2.45, 2.75) is 0 Å². The molecule has 2 aromatic heterocycles. The lowest BCUT2D eigenvalue weighted by Gasteiger charge is -2.26. The molecule has 3 nitrogen and oxygen atoms in total. The number of furan rings is 1. The number of nitrogens with zero attached hydrogens (tertiary/aromatic N) is 2. The normalized spacial score (nSPS) is 11.5. The third kappa shape index (κ3) is 4.98. The Morgan fingerprint density at radius 2 is 0.784 bits per heavy atom. The fraction of sp³-hybridized carbons (Fsp3) is 0. The maximum atomic E-state index is 6.21. The lowest BCUT2D eigenvalue weighted by molar-refractivity contribution is 0.669. The van der Waals surface area contributed by atoms with Gasteiger partial charge in [0.2, 0.25) is 0 Å². The molecule has 0 saturated heterocycles. The van der Waals surface area contributed by atoms with Gasteiger partial charge in [-0.2, -0.15) is 0 Å². The average molecular weight is 653 g/mol. The predicted molar refractivity (Wildman–Crippen MR) is 214 cm³/mol. The van der Waals surface area contributed by atoms with Crippen LogP contribution < -0.4 is 4.90 Å². The smallest absolute Gasteiger partial charge is 0.136 e. The van der Waals surface area contributed by atoms with Crippen molar-refractivity contribution in [3.63, 3.8) is 0 Å². The molecule has 0 bridgehead atoms. The van der Waals surface area contributed by atoms with Crippen molar-refractivity contribution in [2.75, 3.05) is 4.90 Å². The maximum absolute atomic E-state index is 6.21. The van der Waals surface area contributed by atoms with Crippen molar-refractivity contribution in [3.05, 3.63) is 194 Å². The van der Waals surface area contributed by atoms with Crippen LogP contribution in [0.5, 0.6) is 0 Å². The Balaban J connectivity index is 1.05. The molecule has 8 aromatic carbocycles. The number of anilines is 3. The van der Waals surface area contributed by atoms with E-state index < -0.39 is 0 Å². The van der Waals surface area contributed by atoms with Crippen molar-refractivity contribution >= 4 is 60.8 Å². The van der Waals surface area contributed by atoms with Crippen molar-refractivity contribution in [2.24, 2.45) is 0 Å². The Morgan fingerprint density at radius 1 is 0.333 bits per heavy atom. The second-order valence-electron chi connectivity index (χ2n) is 13.0. The molecule has 0 aliphatic rings. The van der Waals surface area contributed by atoms with Crippen molar-refractivity contribution < 1.29 is 4.42 Å². The van der Waals surface area contributed by atoms with Crippen molar-refractivity contribution in [1.29, 1.82) is 0 Å². The lowest BCUT2D eigenvalue weighted by Crippen LogP contribution is -2.10. The highest BCUT2D eigenvalue weighted by atomic mass is 16.3. The van der Waals surface area contributed by atoms with Crippen molar-refractivity contribution in [1.82, 2.24) is 4.57 Å². The molecular formula is C48H32N2O. The van der Waals surface area contributed by atoms with Crippen LogP contribution in [-0.2, 0) is 0 Å². The predicted octanol–water partition coefficient (Wildman–Crippen LogP) is 13.5. The number of aromatic nitrogens is 1. The SMILES string of the molecule is c1ccc(-c2ccc(N(c3ccc(-c4ccc5c(c4)oc4ccccc45)cc3)c3ccc(-n4c5ccccc5c5ccccc54)cc3)cc2)cc1. The Bertz CT molecular complexity index is 2770. The molecule has 0 atom stereocenters. The van der Waals surface area contributed by atoms with E-state index in [0.717, 1.165) is 55.8 Å². The summed E-state index contributed by atoms with van der Waals surface area (Å²) >= 11 is 0. The van der Waals surface area contributed by atoms with Crippen LogP contribution in [0, 0.1) is 0 Å². The molecule has 51 heavy (non-hydrogen) atoms. The number of para-hydroxylation sites is 3. The van der Waals surface area contributed by atoms with Crippen LogP contribution in [0.4, 0.5) is 17.1 Å². The first-order chi connectivity index (χ1) is 25.3. The van der Waals surface area contributed by atoms with Crippen LogP contribution in [0.2, 0.25) is 0 Å². The topological polar surface area (TPSA) is 21.3 Å². The summed E-state index contributed by atoms with van der Waals surface area (Å²) in [5, 5.41) is 4.81. The van der Waals surface area contributed by atoms with E-state index in [4.69, 9.17) is 4.42 Å². The van der Waals surface area contributed by atoms with E-state index in [1.165, 1.54) is 32.9 Å². The van der Waals surface area contributed by atoms with Gasteiger partial charge < -0.3 is 13.9 Å². The van der Waals surface area contributed by atoms with E-state index in [2.05, 4.69) is 191 Å². The van der Waals surface area contributed by atoms with Gasteiger partial charge in [0.1, 0.15) is 11.2 Å². The van der Waals surface area contributed by atoms with Gasteiger partial charge in [-0.05, 0) is 101 Å². The Labute approximate surface area is 295 Å². The Hall–Kier alpha value is -6.84. The Kier molecular flexibility index (Phi) is 6.81. The first-order valence-electron chi connectivity index (χ1n) is 17.3. The van der Waals surface area contributed by atoms with Crippen LogP contribution in [-0.4, -0.2) is 4.57 Å². The zero-order valence-electron chi connectivity index (χ0n) is 27.8. The highest BCUT2D eigenvalue weighted by Crippen LogP contribution is 2.39. The minimum absolute atomic E-state index is 0.904. The van der Waals surface area contributed by atoms with Gasteiger partial charge >= 0.3 is 0 Å². The van der Waals surface area contributed by atoms with E-state index in [1.54, 1.807) is 0 Å². The highest BCUT2D eigenvalue weighted by Gasteiger charge is 2.16. The quantitative estimate of drug-likeness (QED) is 0.178. The Morgan fingerprint density at radius 3 is 1.41 bits per heavy atom. The summed E-state index contributed by atoms with van der Waals surface area (Å²) in [6.45, 7) is 0. The van der Waals surface area contributed by atoms with Gasteiger partial charge in [-0.25, -0.2) is 0 Å². The number of fused-ring (bicyclic) bond motifs is 6. The van der Waals surface area contributed by atoms with Crippen LogP contribution >= 0.6 is 0 Å². The summed E-state index contributed by atoms with van der Waals surface area (Å²) in [4.78, 5) is 2.33. The third-order valence-corrected chi connectivity index (χ3v) is 10.0. The van der Waals surface area contributed by atoms with Gasteiger partial charge in [-0.3, -0.25) is 0 Å². The summed E-state index contributed by atoms with van der Waals surface area (Å²) in [5.74, 6) is 0. The van der Waals surface area contributed by atoms with Crippen LogP contribution in [0.3, 0.4) is 0 Å². The molecule has 0 unspecified atom stereocenters. The number of benzene rings is 8. The van der Waals surface area contributed by atoms with E-state index in [0.29, 0.717) is 0 Å². The molecule has 10 rings (SSSR count). The lowest BCUT2D eigenvalue weighted by atomic mass is 10.0. The van der Waals surface area contributed by atoms with Gasteiger partial charge in [0.15, 0.2) is 0 Å². The average Bonchev–Trinajstić information content (AvgIpc) is 3.75. The zero-order chi connectivity index (χ0) is 33.7. The third-order valence-electron chi connectivity index (χ3n) is 10.0. The highest BCUT2D eigenvalue weighted by molar-refractivity contribution is 6.09. The van der Waals surface area contributed by atoms with Crippen LogP contribution in [0.1, 0.15) is 0 Å². The van der Waals surface area contributed by atoms with E-state index in [-0.39, 0.29) is 0 Å². The minimum atomic E-state index is 0.904. The molecule has 0 amide bonds. The largest absolute Gasteiger partial charge is 0.456 e. The summed E-state index contributed by atoms with van der Waals surface area (Å²) in [5.41, 5.74) is 13.3. The first kappa shape index (κ1) is 29.1. The van der Waals surface area contributed by atoms with Gasteiger partial charge in [-0.15, -0.1) is 0 Å². The fourth-order valence-corrected chi connectivity index (χ4v) is 7.54. The molecule has 0 N–H and O–H groups in total. The van der Waals surface area contributed by atoms with Crippen LogP contribution in [0.15, 0.2) is 199 Å². The number of rotatable bonds is 6. The molecule has 2 heterocycles. The second kappa shape index (κ2) is 11.9. The van der Waals surface area contributed by atoms with Gasteiger partial charge in [0.25, 0.3) is 0 Å². The van der Waals surface area contributed by atoms with Crippen molar-refractivity contribution in [3.8, 4) is 27.9 Å². The molecule has 0 fully saturated rings. The maximum Gasteiger partial charge on any atom is 0.136 e. The molecule has 240 valence electrons. The zero-order valence-corrected chi connectivity index (χ0v) is 27.8. The second-order valence-corrected chi connectivity index (χ2v) is 13.0. The van der Waals surface area contributed by atoms with E-state index in [1.807, 2.05) is 12.1 Å². The molecular weight excluding hydrogens is 621 g/mol. The molecule has 0 saturated carbocycles. The molecule has 0 spiro atoms. The molecule has 0 aliphatic carbocycles. The summed E-state index contributed by atoms with van der Waals surface area (Å²) < 4.78 is 8.57. The molecule has 10 aromatic rings. The fourth-order valence-electron chi connectivity index (χ4n) is 7.54. The summed E-state index contributed by atoms with van der Waals surface area (Å²) in [7, 11) is 0. The van der Waals surface area contributed by atoms with Gasteiger partial charge in [0, 0.05) is 44.3 Å². The number of hydrogen-bond acceptors (Lipinski definition) is 2. The molecule has 3 heteroatoms. The number of hydrogen-bond donors (Lipinski definition) is 0. The summed E-state index contributed by atoms with van der Waals surface area (Å²) in [6.07, 6.45) is 0. The monoisotopic (exact) mass is 652 g/mol. The van der Waals surface area contributed by atoms with E-state index in [9.17, 15) is 0 Å².